The molecule has 0 saturated carbocycles. The molecule has 4 rings (SSSR count). The number of quaternary nitrogens is 1. The summed E-state index contributed by atoms with van der Waals surface area (Å²) in [6.45, 7) is 4.16. The number of hydrogen-bond acceptors (Lipinski definition) is 6. The molecule has 162 valence electrons. The van der Waals surface area contributed by atoms with Gasteiger partial charge in [-0.05, 0) is 47.5 Å². The molecule has 3 aromatic rings. The standard InChI is InChI=1S/C25H26N6O/c1-3-18-4-5-24-21(10-18)16-28-25(30-24)29-23-12-19(17-31-6-8-32-9-7-31)11-20(13-23)22(14-26)15-27-2/h1,4-5,10-16,26-27H,6-9,17H2,2H3,(H,28,29,30)/p+1. The minimum atomic E-state index is 0.517. The van der Waals surface area contributed by atoms with Gasteiger partial charge in [-0.1, -0.05) is 5.92 Å². The smallest absolute Gasteiger partial charge is 0.227 e. The lowest BCUT2D eigenvalue weighted by atomic mass is 10.0. The van der Waals surface area contributed by atoms with E-state index in [9.17, 15) is 0 Å². The Morgan fingerprint density at radius 2 is 2.12 bits per heavy atom. The number of rotatable bonds is 7. The minimum absolute atomic E-state index is 0.517. The van der Waals surface area contributed by atoms with Crippen LogP contribution in [-0.4, -0.2) is 54.4 Å². The Balaban J connectivity index is 1.66. The first kappa shape index (κ1) is 21.7. The maximum absolute atomic E-state index is 7.84. The van der Waals surface area contributed by atoms with E-state index in [0.717, 1.165) is 71.7 Å². The molecule has 32 heavy (non-hydrogen) atoms. The van der Waals surface area contributed by atoms with Gasteiger partial charge in [-0.3, -0.25) is 4.90 Å². The van der Waals surface area contributed by atoms with Crippen molar-refractivity contribution in [2.24, 2.45) is 0 Å². The summed E-state index contributed by atoms with van der Waals surface area (Å²) < 4.78 is 5.48. The van der Waals surface area contributed by atoms with Gasteiger partial charge in [0, 0.05) is 48.7 Å². The highest BCUT2D eigenvalue weighted by Crippen LogP contribution is 2.24. The maximum atomic E-state index is 7.84. The number of nitrogens with one attached hydrogen (secondary N) is 2. The van der Waals surface area contributed by atoms with Gasteiger partial charge in [-0.2, -0.15) is 0 Å². The van der Waals surface area contributed by atoms with Crippen molar-refractivity contribution in [2.45, 2.75) is 6.54 Å². The first-order valence-corrected chi connectivity index (χ1v) is 10.6. The summed E-state index contributed by atoms with van der Waals surface area (Å²) >= 11 is 0. The summed E-state index contributed by atoms with van der Waals surface area (Å²) in [5.41, 5.74) is 5.50. The van der Waals surface area contributed by atoms with Crippen LogP contribution in [-0.2, 0) is 11.3 Å². The summed E-state index contributed by atoms with van der Waals surface area (Å²) in [6.07, 6.45) is 10.6. The van der Waals surface area contributed by atoms with Crippen LogP contribution >= 0.6 is 0 Å². The Labute approximate surface area is 188 Å². The molecule has 1 aliphatic rings. The number of hydrogen-bond donors (Lipinski definition) is 3. The summed E-state index contributed by atoms with van der Waals surface area (Å²) in [4.78, 5) is 11.5. The van der Waals surface area contributed by atoms with E-state index in [1.807, 2.05) is 42.8 Å². The van der Waals surface area contributed by atoms with Gasteiger partial charge in [-0.25, -0.2) is 9.97 Å². The Hall–Kier alpha value is -3.57. The van der Waals surface area contributed by atoms with Crippen LogP contribution in [0.15, 0.2) is 48.8 Å². The van der Waals surface area contributed by atoms with E-state index in [1.165, 1.54) is 6.21 Å². The number of fused-ring (bicyclic) bond motifs is 1. The Bertz CT molecular complexity index is 1190. The number of ether oxygens (including phenoxy) is 1. The Morgan fingerprint density at radius 1 is 1.28 bits per heavy atom. The third-order valence-corrected chi connectivity index (χ3v) is 5.34. The van der Waals surface area contributed by atoms with Gasteiger partial charge in [0.2, 0.25) is 5.95 Å². The van der Waals surface area contributed by atoms with Crippen molar-refractivity contribution in [3.63, 3.8) is 0 Å². The van der Waals surface area contributed by atoms with Crippen LogP contribution < -0.4 is 10.6 Å². The van der Waals surface area contributed by atoms with Crippen LogP contribution in [0.2, 0.25) is 0 Å². The van der Waals surface area contributed by atoms with Gasteiger partial charge in [0.15, 0.2) is 0 Å². The number of morpholine rings is 1. The maximum Gasteiger partial charge on any atom is 0.227 e. The van der Waals surface area contributed by atoms with Crippen LogP contribution in [0, 0.1) is 17.8 Å². The lowest BCUT2D eigenvalue weighted by Gasteiger charge is -2.27. The average Bonchev–Trinajstić information content (AvgIpc) is 2.82. The Kier molecular flexibility index (Phi) is 6.87. The molecule has 0 atom stereocenters. The molecule has 2 aromatic carbocycles. The van der Waals surface area contributed by atoms with E-state index in [2.05, 4.69) is 38.2 Å². The van der Waals surface area contributed by atoms with Crippen LogP contribution in [0.5, 0.6) is 0 Å². The van der Waals surface area contributed by atoms with E-state index < -0.39 is 0 Å². The van der Waals surface area contributed by atoms with Crippen LogP contribution in [0.3, 0.4) is 0 Å². The molecule has 0 spiro atoms. The lowest BCUT2D eigenvalue weighted by molar-refractivity contribution is -0.555. The molecule has 1 aromatic heterocycles. The zero-order valence-electron chi connectivity index (χ0n) is 18.1. The number of anilines is 2. The van der Waals surface area contributed by atoms with E-state index in [1.54, 1.807) is 6.20 Å². The fourth-order valence-electron chi connectivity index (χ4n) is 3.76. The summed E-state index contributed by atoms with van der Waals surface area (Å²) in [5, 5.41) is 14.0. The van der Waals surface area contributed by atoms with E-state index in [4.69, 9.17) is 16.6 Å². The third kappa shape index (κ3) is 5.18. The molecule has 0 amide bonds. The number of benzene rings is 2. The minimum Gasteiger partial charge on any atom is -0.379 e. The molecule has 7 nitrogen and oxygen atoms in total. The van der Waals surface area contributed by atoms with Gasteiger partial charge in [0.05, 0.1) is 31.4 Å². The fourth-order valence-corrected chi connectivity index (χ4v) is 3.76. The summed E-state index contributed by atoms with van der Waals surface area (Å²) in [5.74, 6) is 3.15. The molecule has 2 heterocycles. The van der Waals surface area contributed by atoms with E-state index in [0.29, 0.717) is 5.95 Å². The van der Waals surface area contributed by atoms with Crippen molar-refractivity contribution >= 4 is 34.3 Å². The summed E-state index contributed by atoms with van der Waals surface area (Å²) in [6, 6.07) is 12.0. The normalized spacial score (nSPS) is 14.8. The van der Waals surface area contributed by atoms with Crippen molar-refractivity contribution in [2.75, 3.05) is 38.7 Å². The van der Waals surface area contributed by atoms with Gasteiger partial charge in [0.25, 0.3) is 0 Å². The molecule has 1 saturated heterocycles. The fraction of sp³-hybridized carbons (Fsp3) is 0.240. The monoisotopic (exact) mass is 427 g/mol. The van der Waals surface area contributed by atoms with Crippen LogP contribution in [0.1, 0.15) is 16.7 Å². The molecule has 1 fully saturated rings. The van der Waals surface area contributed by atoms with Crippen molar-refractivity contribution in [3.8, 4) is 12.3 Å². The third-order valence-electron chi connectivity index (χ3n) is 5.34. The van der Waals surface area contributed by atoms with E-state index in [-0.39, 0.29) is 0 Å². The van der Waals surface area contributed by atoms with Crippen molar-refractivity contribution < 1.29 is 10.1 Å². The second-order valence-corrected chi connectivity index (χ2v) is 7.64. The molecule has 0 radical (unpaired) electrons. The number of allylic oxidation sites excluding steroid dienone is 1. The highest BCUT2D eigenvalue weighted by atomic mass is 16.5. The first-order chi connectivity index (χ1) is 15.7. The second kappa shape index (κ2) is 10.2. The molecule has 0 aliphatic carbocycles. The van der Waals surface area contributed by atoms with Crippen molar-refractivity contribution in [3.05, 3.63) is 65.5 Å². The number of nitrogens with two attached hydrogens (primary N) is 1. The zero-order chi connectivity index (χ0) is 22.3. The van der Waals surface area contributed by atoms with Gasteiger partial charge >= 0.3 is 0 Å². The van der Waals surface area contributed by atoms with Crippen molar-refractivity contribution in [1.82, 2.24) is 14.9 Å². The highest BCUT2D eigenvalue weighted by Gasteiger charge is 2.13. The molecule has 0 bridgehead atoms. The highest BCUT2D eigenvalue weighted by molar-refractivity contribution is 6.08. The zero-order valence-corrected chi connectivity index (χ0v) is 18.1. The number of aromatic nitrogens is 2. The van der Waals surface area contributed by atoms with Gasteiger partial charge < -0.3 is 20.8 Å². The molecule has 0 unspecified atom stereocenters. The quantitative estimate of drug-likeness (QED) is 0.398. The number of terminal acetylenes is 1. The molecule has 7 heteroatoms. The SMILES string of the molecule is C#Cc1ccc2nc(Nc3cc(CN4CCOCC4)cc(C(C=N)=C[NH2+]C)c3)ncc2c1. The van der Waals surface area contributed by atoms with Crippen molar-refractivity contribution in [1.29, 1.82) is 5.41 Å². The van der Waals surface area contributed by atoms with Gasteiger partial charge in [-0.15, -0.1) is 6.42 Å². The van der Waals surface area contributed by atoms with Crippen LogP contribution in [0.25, 0.3) is 16.5 Å². The second-order valence-electron chi connectivity index (χ2n) is 7.64. The predicted octanol–water partition coefficient (Wildman–Crippen LogP) is 2.37. The Morgan fingerprint density at radius 3 is 2.88 bits per heavy atom. The topological polar surface area (TPSA) is 90.7 Å². The van der Waals surface area contributed by atoms with Crippen LogP contribution in [0.4, 0.5) is 11.6 Å². The largest absolute Gasteiger partial charge is 0.379 e. The molecular formula is C25H27N6O+. The molecule has 4 N–H and O–H groups in total. The van der Waals surface area contributed by atoms with Gasteiger partial charge in [0.1, 0.15) is 6.20 Å². The van der Waals surface area contributed by atoms with E-state index >= 15 is 0 Å². The summed E-state index contributed by atoms with van der Waals surface area (Å²) in [7, 11) is 1.95. The lowest BCUT2D eigenvalue weighted by Crippen LogP contribution is -2.72. The number of nitrogens with zero attached hydrogens (tertiary/aromatic N) is 3. The average molecular weight is 428 g/mol. The predicted molar refractivity (Wildman–Crippen MR) is 128 cm³/mol. The molecular weight excluding hydrogens is 400 g/mol. The first-order valence-electron chi connectivity index (χ1n) is 10.6. The molecule has 1 aliphatic heterocycles.